The molecule has 2 saturated heterocycles. The van der Waals surface area contributed by atoms with E-state index in [1.54, 1.807) is 4.90 Å². The maximum Gasteiger partial charge on any atom is 0.306 e. The monoisotopic (exact) mass is 254 g/mol. The minimum Gasteiger partial charge on any atom is -0.481 e. The predicted molar refractivity (Wildman–Crippen MR) is 62.7 cm³/mol. The second-order valence-corrected chi connectivity index (χ2v) is 5.10. The Morgan fingerprint density at radius 3 is 2.61 bits per heavy atom. The quantitative estimate of drug-likeness (QED) is 0.725. The molecule has 6 heteroatoms. The van der Waals surface area contributed by atoms with Gasteiger partial charge in [0.25, 0.3) is 0 Å². The van der Waals surface area contributed by atoms with E-state index in [1.165, 1.54) is 0 Å². The Balaban J connectivity index is 1.96. The molecule has 0 spiro atoms. The lowest BCUT2D eigenvalue weighted by atomic mass is 9.91. The fraction of sp³-hybridized carbons (Fsp3) is 0.750. The zero-order chi connectivity index (χ0) is 13.3. The van der Waals surface area contributed by atoms with Crippen molar-refractivity contribution in [2.75, 3.05) is 6.54 Å². The van der Waals surface area contributed by atoms with Gasteiger partial charge in [0.1, 0.15) is 6.04 Å². The lowest BCUT2D eigenvalue weighted by Crippen LogP contribution is -2.52. The molecule has 2 aliphatic rings. The Bertz CT molecular complexity index is 382. The van der Waals surface area contributed by atoms with Gasteiger partial charge in [0.15, 0.2) is 0 Å². The molecule has 0 aromatic rings. The molecule has 2 heterocycles. The van der Waals surface area contributed by atoms with Gasteiger partial charge in [0, 0.05) is 19.0 Å². The SMILES string of the molecule is CC1CC(C(=O)O)CCN1C(=O)[C@@H]1CCC(=O)N1. The first-order chi connectivity index (χ1) is 8.49. The van der Waals surface area contributed by atoms with Crippen LogP contribution in [0.1, 0.15) is 32.6 Å². The first-order valence-corrected chi connectivity index (χ1v) is 6.31. The summed E-state index contributed by atoms with van der Waals surface area (Å²) in [7, 11) is 0. The summed E-state index contributed by atoms with van der Waals surface area (Å²) in [5.41, 5.74) is 0. The van der Waals surface area contributed by atoms with E-state index in [4.69, 9.17) is 5.11 Å². The van der Waals surface area contributed by atoms with Gasteiger partial charge in [-0.15, -0.1) is 0 Å². The Hall–Kier alpha value is -1.59. The smallest absolute Gasteiger partial charge is 0.306 e. The van der Waals surface area contributed by atoms with Gasteiger partial charge in [0.05, 0.1) is 5.92 Å². The molecule has 2 unspecified atom stereocenters. The predicted octanol–water partition coefficient (Wildman–Crippen LogP) is -0.0233. The number of nitrogens with one attached hydrogen (secondary N) is 1. The normalized spacial score (nSPS) is 32.2. The summed E-state index contributed by atoms with van der Waals surface area (Å²) in [6.07, 6.45) is 1.92. The molecule has 3 atom stereocenters. The summed E-state index contributed by atoms with van der Waals surface area (Å²) in [5.74, 6) is -1.30. The Labute approximate surface area is 105 Å². The number of rotatable bonds is 2. The van der Waals surface area contributed by atoms with Crippen molar-refractivity contribution in [1.29, 1.82) is 0 Å². The number of carbonyl (C=O) groups is 3. The highest BCUT2D eigenvalue weighted by Crippen LogP contribution is 2.24. The fourth-order valence-electron chi connectivity index (χ4n) is 2.72. The van der Waals surface area contributed by atoms with Crippen LogP contribution in [0.5, 0.6) is 0 Å². The van der Waals surface area contributed by atoms with Gasteiger partial charge in [-0.25, -0.2) is 0 Å². The number of hydrogen-bond acceptors (Lipinski definition) is 3. The lowest BCUT2D eigenvalue weighted by molar-refractivity contribution is -0.148. The molecule has 2 amide bonds. The first kappa shape index (κ1) is 12.9. The molecule has 2 rings (SSSR count). The van der Waals surface area contributed by atoms with E-state index < -0.39 is 12.0 Å². The van der Waals surface area contributed by atoms with E-state index in [9.17, 15) is 14.4 Å². The highest BCUT2D eigenvalue weighted by atomic mass is 16.4. The molecule has 0 aliphatic carbocycles. The van der Waals surface area contributed by atoms with Gasteiger partial charge >= 0.3 is 5.97 Å². The van der Waals surface area contributed by atoms with Gasteiger partial charge in [-0.1, -0.05) is 0 Å². The van der Waals surface area contributed by atoms with E-state index in [2.05, 4.69) is 5.32 Å². The number of aliphatic carboxylic acids is 1. The number of hydrogen-bond donors (Lipinski definition) is 2. The highest BCUT2D eigenvalue weighted by Gasteiger charge is 2.37. The summed E-state index contributed by atoms with van der Waals surface area (Å²) in [6, 6.07) is -0.494. The largest absolute Gasteiger partial charge is 0.481 e. The third-order valence-corrected chi connectivity index (χ3v) is 3.80. The summed E-state index contributed by atoms with van der Waals surface area (Å²) in [4.78, 5) is 35.9. The van der Waals surface area contributed by atoms with Crippen LogP contribution in [-0.2, 0) is 14.4 Å². The molecule has 0 aromatic heterocycles. The molecule has 0 saturated carbocycles. The highest BCUT2D eigenvalue weighted by molar-refractivity contribution is 5.91. The third kappa shape index (κ3) is 2.47. The van der Waals surface area contributed by atoms with Crippen molar-refractivity contribution < 1.29 is 19.5 Å². The van der Waals surface area contributed by atoms with Crippen LogP contribution in [0.4, 0.5) is 0 Å². The van der Waals surface area contributed by atoms with Crippen LogP contribution >= 0.6 is 0 Å². The molecule has 0 aromatic carbocycles. The summed E-state index contributed by atoms with van der Waals surface area (Å²) in [6.45, 7) is 2.33. The van der Waals surface area contributed by atoms with E-state index in [1.807, 2.05) is 6.92 Å². The van der Waals surface area contributed by atoms with Crippen molar-refractivity contribution in [3.05, 3.63) is 0 Å². The van der Waals surface area contributed by atoms with Crippen molar-refractivity contribution in [3.8, 4) is 0 Å². The number of carboxylic acids is 1. The van der Waals surface area contributed by atoms with Crippen LogP contribution in [-0.4, -0.2) is 46.4 Å². The zero-order valence-electron chi connectivity index (χ0n) is 10.4. The minimum atomic E-state index is -0.789. The Morgan fingerprint density at radius 2 is 2.11 bits per heavy atom. The van der Waals surface area contributed by atoms with Crippen LogP contribution in [0.3, 0.4) is 0 Å². The van der Waals surface area contributed by atoms with Crippen molar-refractivity contribution in [2.45, 2.75) is 44.7 Å². The van der Waals surface area contributed by atoms with Crippen LogP contribution in [0.2, 0.25) is 0 Å². The molecule has 0 radical (unpaired) electrons. The summed E-state index contributed by atoms with van der Waals surface area (Å²) >= 11 is 0. The van der Waals surface area contributed by atoms with Crippen LogP contribution in [0.25, 0.3) is 0 Å². The third-order valence-electron chi connectivity index (χ3n) is 3.80. The second kappa shape index (κ2) is 4.96. The van der Waals surface area contributed by atoms with E-state index >= 15 is 0 Å². The first-order valence-electron chi connectivity index (χ1n) is 6.31. The standard InChI is InChI=1S/C12H18N2O4/c1-7-6-8(12(17)18)4-5-14(7)11(16)9-2-3-10(15)13-9/h7-9H,2-6H2,1H3,(H,13,15)(H,17,18)/t7?,8?,9-/m0/s1. The summed E-state index contributed by atoms with van der Waals surface area (Å²) < 4.78 is 0. The molecule has 6 nitrogen and oxygen atoms in total. The van der Waals surface area contributed by atoms with Crippen molar-refractivity contribution in [2.24, 2.45) is 5.92 Å². The van der Waals surface area contributed by atoms with Crippen molar-refractivity contribution in [1.82, 2.24) is 10.2 Å². The Morgan fingerprint density at radius 1 is 1.39 bits per heavy atom. The number of amides is 2. The number of piperidine rings is 1. The molecule has 100 valence electrons. The van der Waals surface area contributed by atoms with Crippen molar-refractivity contribution in [3.63, 3.8) is 0 Å². The second-order valence-electron chi connectivity index (χ2n) is 5.10. The average molecular weight is 254 g/mol. The number of carboxylic acid groups (broad SMARTS) is 1. The van der Waals surface area contributed by atoms with Gasteiger partial charge in [-0.2, -0.15) is 0 Å². The van der Waals surface area contributed by atoms with Gasteiger partial charge in [-0.05, 0) is 26.2 Å². The molecule has 2 N–H and O–H groups in total. The molecule has 18 heavy (non-hydrogen) atoms. The molecular formula is C12H18N2O4. The number of likely N-dealkylation sites (tertiary alicyclic amines) is 1. The maximum atomic E-state index is 12.2. The molecule has 2 aliphatic heterocycles. The van der Waals surface area contributed by atoms with E-state index in [-0.39, 0.29) is 23.8 Å². The summed E-state index contributed by atoms with van der Waals surface area (Å²) in [5, 5.41) is 11.6. The van der Waals surface area contributed by atoms with Gasteiger partial charge in [0.2, 0.25) is 11.8 Å². The molecule has 2 fully saturated rings. The molecular weight excluding hydrogens is 236 g/mol. The number of nitrogens with zero attached hydrogens (tertiary/aromatic N) is 1. The van der Waals surface area contributed by atoms with Gasteiger partial charge < -0.3 is 15.3 Å². The lowest BCUT2D eigenvalue weighted by Gasteiger charge is -2.37. The number of carbonyl (C=O) groups excluding carboxylic acids is 2. The average Bonchev–Trinajstić information content (AvgIpc) is 2.74. The van der Waals surface area contributed by atoms with Crippen LogP contribution in [0.15, 0.2) is 0 Å². The topological polar surface area (TPSA) is 86.7 Å². The van der Waals surface area contributed by atoms with Crippen LogP contribution in [0, 0.1) is 5.92 Å². The Kier molecular flexibility index (Phi) is 3.54. The fourth-order valence-corrected chi connectivity index (χ4v) is 2.72. The minimum absolute atomic E-state index is 0.0720. The van der Waals surface area contributed by atoms with Crippen LogP contribution < -0.4 is 5.32 Å². The maximum absolute atomic E-state index is 12.2. The van der Waals surface area contributed by atoms with Crippen molar-refractivity contribution >= 4 is 17.8 Å². The van der Waals surface area contributed by atoms with E-state index in [0.29, 0.717) is 32.2 Å². The van der Waals surface area contributed by atoms with E-state index in [0.717, 1.165) is 0 Å². The molecule has 0 bridgehead atoms. The zero-order valence-corrected chi connectivity index (χ0v) is 10.4. The van der Waals surface area contributed by atoms with Gasteiger partial charge in [-0.3, -0.25) is 14.4 Å².